The summed E-state index contributed by atoms with van der Waals surface area (Å²) in [6.45, 7) is 7.36. The molecule has 1 heterocycles. The number of aliphatic hydroxyl groups excluding tert-OH is 1. The zero-order valence-electron chi connectivity index (χ0n) is 18.4. The number of hydrogen-bond donors (Lipinski definition) is 1. The van der Waals surface area contributed by atoms with Gasteiger partial charge in [0.1, 0.15) is 11.5 Å². The number of fused-ring (bicyclic) bond motifs is 1. The summed E-state index contributed by atoms with van der Waals surface area (Å²) < 4.78 is 12.4. The molecule has 162 valence electrons. The third kappa shape index (κ3) is 4.15. The van der Waals surface area contributed by atoms with Gasteiger partial charge in [-0.2, -0.15) is 0 Å². The Hall–Kier alpha value is -2.60. The number of ether oxygens (including phenoxy) is 2. The third-order valence-electron chi connectivity index (χ3n) is 5.64. The number of esters is 1. The molecule has 2 atom stereocenters. The number of aliphatic hydroxyl groups is 1. The quantitative estimate of drug-likeness (QED) is 0.574. The fourth-order valence-corrected chi connectivity index (χ4v) is 4.42. The van der Waals surface area contributed by atoms with Crippen molar-refractivity contribution in [2.24, 2.45) is 5.92 Å². The normalized spacial score (nSPS) is 17.7. The SMILES string of the molecule is COC(=O)C(c1c(CCO)c2ccccc2n1C(=O)OC(C)(C)C)[C@H]1CCC=C1C. The van der Waals surface area contributed by atoms with Gasteiger partial charge in [0.05, 0.1) is 12.6 Å². The summed E-state index contributed by atoms with van der Waals surface area (Å²) in [5, 5.41) is 10.6. The fraction of sp³-hybridized carbons (Fsp3) is 0.500. The summed E-state index contributed by atoms with van der Waals surface area (Å²) in [6.07, 6.45) is 3.61. The van der Waals surface area contributed by atoms with E-state index in [0.717, 1.165) is 29.4 Å². The van der Waals surface area contributed by atoms with E-state index in [1.807, 2.05) is 52.0 Å². The van der Waals surface area contributed by atoms with Crippen molar-refractivity contribution < 1.29 is 24.2 Å². The predicted molar refractivity (Wildman–Crippen MR) is 116 cm³/mol. The van der Waals surface area contributed by atoms with Gasteiger partial charge in [0.25, 0.3) is 0 Å². The molecule has 6 nitrogen and oxygen atoms in total. The Bertz CT molecular complexity index is 979. The van der Waals surface area contributed by atoms with E-state index in [9.17, 15) is 14.7 Å². The van der Waals surface area contributed by atoms with Crippen molar-refractivity contribution in [3.63, 3.8) is 0 Å². The van der Waals surface area contributed by atoms with Gasteiger partial charge < -0.3 is 14.6 Å². The lowest BCUT2D eigenvalue weighted by atomic mass is 9.82. The Morgan fingerprint density at radius 1 is 1.27 bits per heavy atom. The van der Waals surface area contributed by atoms with E-state index in [1.54, 1.807) is 0 Å². The van der Waals surface area contributed by atoms with E-state index in [0.29, 0.717) is 17.6 Å². The van der Waals surface area contributed by atoms with E-state index in [4.69, 9.17) is 9.47 Å². The Morgan fingerprint density at radius 2 is 1.97 bits per heavy atom. The number of rotatable bonds is 5. The first-order valence-corrected chi connectivity index (χ1v) is 10.4. The van der Waals surface area contributed by atoms with Crippen molar-refractivity contribution in [2.45, 2.75) is 58.5 Å². The molecule has 0 fully saturated rings. The molecule has 0 spiro atoms. The molecule has 1 aliphatic rings. The number of benzene rings is 1. The first-order chi connectivity index (χ1) is 14.2. The van der Waals surface area contributed by atoms with E-state index in [-0.39, 0.29) is 18.5 Å². The van der Waals surface area contributed by atoms with Crippen LogP contribution in [0.25, 0.3) is 10.9 Å². The number of aromatic nitrogens is 1. The molecule has 1 N–H and O–H groups in total. The second kappa shape index (κ2) is 8.64. The first kappa shape index (κ1) is 22.1. The second-order valence-electron chi connectivity index (χ2n) is 8.80. The van der Waals surface area contributed by atoms with Gasteiger partial charge in [-0.3, -0.25) is 4.79 Å². The second-order valence-corrected chi connectivity index (χ2v) is 8.80. The lowest BCUT2D eigenvalue weighted by Crippen LogP contribution is -2.32. The van der Waals surface area contributed by atoms with Gasteiger partial charge in [-0.05, 0) is 64.5 Å². The molecular weight excluding hydrogens is 382 g/mol. The van der Waals surface area contributed by atoms with Crippen LogP contribution in [-0.4, -0.2) is 41.1 Å². The molecule has 0 bridgehead atoms. The minimum absolute atomic E-state index is 0.0691. The fourth-order valence-electron chi connectivity index (χ4n) is 4.42. The van der Waals surface area contributed by atoms with Crippen LogP contribution in [0.5, 0.6) is 0 Å². The Kier molecular flexibility index (Phi) is 6.36. The lowest BCUT2D eigenvalue weighted by molar-refractivity contribution is -0.143. The van der Waals surface area contributed by atoms with Crippen LogP contribution < -0.4 is 0 Å². The maximum absolute atomic E-state index is 13.3. The molecule has 0 saturated carbocycles. The molecule has 0 aliphatic heterocycles. The number of hydrogen-bond acceptors (Lipinski definition) is 5. The molecule has 0 saturated heterocycles. The minimum Gasteiger partial charge on any atom is -0.468 e. The summed E-state index contributed by atoms with van der Waals surface area (Å²) in [4.78, 5) is 26.4. The molecule has 3 rings (SSSR count). The molecule has 2 aromatic rings. The predicted octanol–water partition coefficient (Wildman–Crippen LogP) is 4.57. The minimum atomic E-state index is -0.694. The van der Waals surface area contributed by atoms with Crippen LogP contribution in [0.4, 0.5) is 4.79 Å². The van der Waals surface area contributed by atoms with Crippen molar-refractivity contribution in [1.29, 1.82) is 0 Å². The van der Waals surface area contributed by atoms with Crippen LogP contribution in [0.1, 0.15) is 57.7 Å². The molecule has 1 unspecified atom stereocenters. The summed E-state index contributed by atoms with van der Waals surface area (Å²) in [5.74, 6) is -1.11. The Morgan fingerprint density at radius 3 is 2.53 bits per heavy atom. The first-order valence-electron chi connectivity index (χ1n) is 10.4. The third-order valence-corrected chi connectivity index (χ3v) is 5.64. The average molecular weight is 414 g/mol. The molecule has 1 aromatic carbocycles. The number of carbonyl (C=O) groups excluding carboxylic acids is 2. The van der Waals surface area contributed by atoms with Crippen molar-refractivity contribution in [3.8, 4) is 0 Å². The summed E-state index contributed by atoms with van der Waals surface area (Å²) in [6, 6.07) is 7.50. The molecule has 1 aromatic heterocycles. The van der Waals surface area contributed by atoms with Crippen molar-refractivity contribution >= 4 is 23.0 Å². The maximum atomic E-state index is 13.3. The lowest BCUT2D eigenvalue weighted by Gasteiger charge is -2.27. The average Bonchev–Trinajstić information content (AvgIpc) is 3.23. The van der Waals surface area contributed by atoms with Gasteiger partial charge in [-0.25, -0.2) is 9.36 Å². The van der Waals surface area contributed by atoms with Gasteiger partial charge in [0, 0.05) is 17.7 Å². The Balaban J connectivity index is 2.33. The van der Waals surface area contributed by atoms with E-state index in [1.165, 1.54) is 11.7 Å². The number of allylic oxidation sites excluding steroid dienone is 2. The van der Waals surface area contributed by atoms with Gasteiger partial charge in [0.2, 0.25) is 0 Å². The van der Waals surface area contributed by atoms with Crippen molar-refractivity contribution in [2.75, 3.05) is 13.7 Å². The molecular formula is C24H31NO5. The molecule has 1 aliphatic carbocycles. The van der Waals surface area contributed by atoms with Crippen LogP contribution >= 0.6 is 0 Å². The van der Waals surface area contributed by atoms with Crippen molar-refractivity contribution in [3.05, 3.63) is 47.2 Å². The Labute approximate surface area is 177 Å². The number of carbonyl (C=O) groups is 2. The zero-order chi connectivity index (χ0) is 22.1. The molecule has 30 heavy (non-hydrogen) atoms. The smallest absolute Gasteiger partial charge is 0.419 e. The van der Waals surface area contributed by atoms with Crippen LogP contribution in [0, 0.1) is 5.92 Å². The molecule has 0 radical (unpaired) electrons. The highest BCUT2D eigenvalue weighted by molar-refractivity contribution is 5.96. The number of methoxy groups -OCH3 is 1. The highest BCUT2D eigenvalue weighted by Gasteiger charge is 2.40. The van der Waals surface area contributed by atoms with Crippen LogP contribution in [-0.2, 0) is 20.7 Å². The van der Waals surface area contributed by atoms with Gasteiger partial charge in [0.15, 0.2) is 0 Å². The van der Waals surface area contributed by atoms with Crippen LogP contribution in [0.15, 0.2) is 35.9 Å². The standard InChI is InChI=1S/C24H31NO5/c1-15-9-8-11-16(15)20(22(27)29-5)21-18(13-14-26)17-10-6-7-12-19(17)25(21)23(28)30-24(2,3)4/h6-7,9-10,12,16,20,26H,8,11,13-14H2,1-5H3/t16-,20?/m0/s1. The van der Waals surface area contributed by atoms with Crippen molar-refractivity contribution in [1.82, 2.24) is 4.57 Å². The van der Waals surface area contributed by atoms with E-state index < -0.39 is 17.6 Å². The topological polar surface area (TPSA) is 77.8 Å². The summed E-state index contributed by atoms with van der Waals surface area (Å²) >= 11 is 0. The molecule has 0 amide bonds. The maximum Gasteiger partial charge on any atom is 0.419 e. The summed E-state index contributed by atoms with van der Waals surface area (Å²) in [7, 11) is 1.37. The number of para-hydroxylation sites is 1. The number of nitrogens with zero attached hydrogens (tertiary/aromatic N) is 1. The summed E-state index contributed by atoms with van der Waals surface area (Å²) in [5.41, 5.74) is 2.43. The molecule has 6 heteroatoms. The highest BCUT2D eigenvalue weighted by atomic mass is 16.6. The van der Waals surface area contributed by atoms with Gasteiger partial charge >= 0.3 is 12.1 Å². The highest BCUT2D eigenvalue weighted by Crippen LogP contribution is 2.43. The van der Waals surface area contributed by atoms with Crippen LogP contribution in [0.2, 0.25) is 0 Å². The van der Waals surface area contributed by atoms with E-state index >= 15 is 0 Å². The van der Waals surface area contributed by atoms with Crippen LogP contribution in [0.3, 0.4) is 0 Å². The monoisotopic (exact) mass is 413 g/mol. The van der Waals surface area contributed by atoms with Gasteiger partial charge in [-0.15, -0.1) is 0 Å². The van der Waals surface area contributed by atoms with Gasteiger partial charge in [-0.1, -0.05) is 29.8 Å². The zero-order valence-corrected chi connectivity index (χ0v) is 18.4. The largest absolute Gasteiger partial charge is 0.468 e. The van der Waals surface area contributed by atoms with E-state index in [2.05, 4.69) is 6.08 Å².